The van der Waals surface area contributed by atoms with Gasteiger partial charge < -0.3 is 10.2 Å². The topological polar surface area (TPSA) is 40.5 Å². The van der Waals surface area contributed by atoms with Crippen molar-refractivity contribution in [3.8, 4) is 0 Å². The zero-order chi connectivity index (χ0) is 4.28. The molecule has 0 aromatic heterocycles. The van der Waals surface area contributed by atoms with E-state index in [9.17, 15) is 0 Å². The Hall–Kier alpha value is -0.0800. The van der Waals surface area contributed by atoms with Gasteiger partial charge in [0.1, 0.15) is 0 Å². The van der Waals surface area contributed by atoms with Gasteiger partial charge in [0, 0.05) is 0 Å². The van der Waals surface area contributed by atoms with Crippen LogP contribution in [0.15, 0.2) is 0 Å². The van der Waals surface area contributed by atoms with Crippen LogP contribution in [0.5, 0.6) is 0 Å². The third-order valence-corrected chi connectivity index (χ3v) is 0.264. The smallest absolute Gasteiger partial charge is 0.0742 e. The van der Waals surface area contributed by atoms with Crippen LogP contribution in [0.3, 0.4) is 0 Å². The standard InChI is InChI=1S/C3H8O2/c1-3(5)2-4/h3-5H,2H2,1H3/i3+1. The fourth-order valence-corrected chi connectivity index (χ4v) is 0. The summed E-state index contributed by atoms with van der Waals surface area (Å²) < 4.78 is 0. The molecule has 0 aliphatic carbocycles. The summed E-state index contributed by atoms with van der Waals surface area (Å²) in [5.74, 6) is 0. The van der Waals surface area contributed by atoms with Gasteiger partial charge in [-0.25, -0.2) is 0 Å². The van der Waals surface area contributed by atoms with Crippen LogP contribution in [0.4, 0.5) is 0 Å². The molecule has 1 unspecified atom stereocenters. The van der Waals surface area contributed by atoms with E-state index < -0.39 is 6.10 Å². The summed E-state index contributed by atoms with van der Waals surface area (Å²) in [7, 11) is 0. The number of aliphatic hydroxyl groups excluding tert-OH is 2. The van der Waals surface area contributed by atoms with Crippen molar-refractivity contribution in [2.45, 2.75) is 13.0 Å². The molecule has 0 fully saturated rings. The van der Waals surface area contributed by atoms with Crippen LogP contribution < -0.4 is 0 Å². The van der Waals surface area contributed by atoms with E-state index >= 15 is 0 Å². The zero-order valence-corrected chi connectivity index (χ0v) is 3.18. The molecule has 0 aromatic carbocycles. The van der Waals surface area contributed by atoms with Gasteiger partial charge in [-0.05, 0) is 6.92 Å². The first-order valence-corrected chi connectivity index (χ1v) is 1.56. The maximum Gasteiger partial charge on any atom is 0.0742 e. The van der Waals surface area contributed by atoms with Gasteiger partial charge in [0.05, 0.1) is 12.7 Å². The van der Waals surface area contributed by atoms with Crippen LogP contribution in [0, 0.1) is 0 Å². The minimum atomic E-state index is -0.560. The first-order valence-electron chi connectivity index (χ1n) is 1.56. The fraction of sp³-hybridized carbons (Fsp3) is 1.00. The molecule has 0 bridgehead atoms. The Bertz CT molecular complexity index is 18.9. The molecule has 0 aromatic rings. The fourth-order valence-electron chi connectivity index (χ4n) is 0. The molecule has 1 atom stereocenters. The molecule has 0 heterocycles. The van der Waals surface area contributed by atoms with Gasteiger partial charge in [-0.2, -0.15) is 0 Å². The third kappa shape index (κ3) is 3.92. The van der Waals surface area contributed by atoms with Gasteiger partial charge in [-0.1, -0.05) is 0 Å². The summed E-state index contributed by atoms with van der Waals surface area (Å²) in [6.07, 6.45) is -0.560. The van der Waals surface area contributed by atoms with Crippen molar-refractivity contribution in [2.24, 2.45) is 0 Å². The molecule has 0 spiro atoms. The molecule has 0 amide bonds. The average Bonchev–Trinajstić information content (AvgIpc) is 1.38. The van der Waals surface area contributed by atoms with E-state index in [0.717, 1.165) is 0 Å². The second-order valence-corrected chi connectivity index (χ2v) is 1.03. The quantitative estimate of drug-likeness (QED) is 0.409. The predicted molar refractivity (Wildman–Crippen MR) is 18.8 cm³/mol. The summed E-state index contributed by atoms with van der Waals surface area (Å²) in [6.45, 7) is 1.39. The Kier molecular flexibility index (Phi) is 2.14. The van der Waals surface area contributed by atoms with E-state index in [4.69, 9.17) is 10.2 Å². The lowest BCUT2D eigenvalue weighted by atomic mass is 10.9. The predicted octanol–water partition coefficient (Wildman–Crippen LogP) is -0.641. The lowest BCUT2D eigenvalue weighted by Gasteiger charge is -1.90. The van der Waals surface area contributed by atoms with Crippen molar-refractivity contribution in [3.63, 3.8) is 0 Å². The lowest BCUT2D eigenvalue weighted by Crippen LogP contribution is -2.03. The minimum absolute atomic E-state index is 0.139. The highest BCUT2D eigenvalue weighted by Gasteiger charge is 1.83. The lowest BCUT2D eigenvalue weighted by molar-refractivity contribution is 0.110. The van der Waals surface area contributed by atoms with Crippen LogP contribution in [-0.2, 0) is 0 Å². The maximum atomic E-state index is 8.11. The van der Waals surface area contributed by atoms with Gasteiger partial charge in [0.15, 0.2) is 0 Å². The normalized spacial score (nSPS) is 15.0. The van der Waals surface area contributed by atoms with Gasteiger partial charge in [-0.3, -0.25) is 0 Å². The van der Waals surface area contributed by atoms with Gasteiger partial charge in [-0.15, -0.1) is 0 Å². The highest BCUT2D eigenvalue weighted by Crippen LogP contribution is 1.68. The molecule has 32 valence electrons. The highest BCUT2D eigenvalue weighted by molar-refractivity contribution is 4.33. The summed E-state index contributed by atoms with van der Waals surface area (Å²) in [5.41, 5.74) is 0. The number of rotatable bonds is 1. The molecule has 0 saturated heterocycles. The first-order chi connectivity index (χ1) is 2.27. The molecule has 2 nitrogen and oxygen atoms in total. The highest BCUT2D eigenvalue weighted by atomic mass is 16.4. The van der Waals surface area contributed by atoms with Crippen molar-refractivity contribution in [3.05, 3.63) is 0 Å². The van der Waals surface area contributed by atoms with Gasteiger partial charge >= 0.3 is 0 Å². The summed E-state index contributed by atoms with van der Waals surface area (Å²) in [4.78, 5) is 0. The van der Waals surface area contributed by atoms with Crippen LogP contribution in [0.25, 0.3) is 0 Å². The Balaban J connectivity index is 2.54. The Morgan fingerprint density at radius 2 is 2.00 bits per heavy atom. The summed E-state index contributed by atoms with van der Waals surface area (Å²) in [5, 5.41) is 16.0. The Morgan fingerprint density at radius 1 is 1.80 bits per heavy atom. The van der Waals surface area contributed by atoms with E-state index in [0.29, 0.717) is 0 Å². The largest absolute Gasteiger partial charge is 0.394 e. The van der Waals surface area contributed by atoms with E-state index in [2.05, 4.69) is 0 Å². The van der Waals surface area contributed by atoms with Crippen LogP contribution in [-0.4, -0.2) is 22.9 Å². The number of aliphatic hydroxyl groups is 2. The summed E-state index contributed by atoms with van der Waals surface area (Å²) >= 11 is 0. The minimum Gasteiger partial charge on any atom is -0.394 e. The van der Waals surface area contributed by atoms with Crippen molar-refractivity contribution < 1.29 is 10.2 Å². The zero-order valence-electron chi connectivity index (χ0n) is 3.18. The van der Waals surface area contributed by atoms with Crippen LogP contribution in [0.2, 0.25) is 0 Å². The van der Waals surface area contributed by atoms with Crippen molar-refractivity contribution in [2.75, 3.05) is 6.61 Å². The van der Waals surface area contributed by atoms with Crippen LogP contribution >= 0.6 is 0 Å². The molecular formula is C3H8O2. The van der Waals surface area contributed by atoms with Crippen molar-refractivity contribution in [1.29, 1.82) is 0 Å². The molecule has 0 aliphatic heterocycles. The monoisotopic (exact) mass is 77.1 g/mol. The molecule has 2 heteroatoms. The second-order valence-electron chi connectivity index (χ2n) is 1.03. The van der Waals surface area contributed by atoms with Gasteiger partial charge in [0.2, 0.25) is 0 Å². The molecule has 2 N–H and O–H groups in total. The second kappa shape index (κ2) is 2.18. The Morgan fingerprint density at radius 3 is 2.00 bits per heavy atom. The summed E-state index contributed by atoms with van der Waals surface area (Å²) in [6, 6.07) is 0. The van der Waals surface area contributed by atoms with E-state index in [1.807, 2.05) is 0 Å². The van der Waals surface area contributed by atoms with Crippen LogP contribution in [0.1, 0.15) is 6.92 Å². The number of hydrogen-bond donors (Lipinski definition) is 2. The third-order valence-electron chi connectivity index (χ3n) is 0.264. The molecule has 0 aliphatic rings. The molecular weight excluding hydrogens is 69.0 g/mol. The van der Waals surface area contributed by atoms with E-state index in [1.54, 1.807) is 0 Å². The first kappa shape index (κ1) is 4.92. The van der Waals surface area contributed by atoms with Crippen molar-refractivity contribution >= 4 is 0 Å². The average molecular weight is 77.1 g/mol. The molecule has 0 radical (unpaired) electrons. The van der Waals surface area contributed by atoms with Gasteiger partial charge in [0.25, 0.3) is 0 Å². The SMILES string of the molecule is C[13CH](O)CO. The van der Waals surface area contributed by atoms with Crippen molar-refractivity contribution in [1.82, 2.24) is 0 Å². The Labute approximate surface area is 31.1 Å². The van der Waals surface area contributed by atoms with E-state index in [-0.39, 0.29) is 6.61 Å². The maximum absolute atomic E-state index is 8.11. The molecule has 0 saturated carbocycles. The van der Waals surface area contributed by atoms with E-state index in [1.165, 1.54) is 6.92 Å². The molecule has 0 rings (SSSR count). The number of hydrogen-bond acceptors (Lipinski definition) is 2. The molecule has 5 heavy (non-hydrogen) atoms.